The summed E-state index contributed by atoms with van der Waals surface area (Å²) in [6, 6.07) is 16.4. The van der Waals surface area contributed by atoms with Crippen molar-refractivity contribution in [1.82, 2.24) is 14.9 Å². The van der Waals surface area contributed by atoms with Gasteiger partial charge >= 0.3 is 0 Å². The molecule has 0 radical (unpaired) electrons. The van der Waals surface area contributed by atoms with Crippen LogP contribution in [0.15, 0.2) is 48.5 Å². The SMILES string of the molecule is CC(C)(C)c1ccc(OCCCC(=O)N2CCC(c3nc4ccccc4[nH]3)CC2)cc1. The van der Waals surface area contributed by atoms with Crippen LogP contribution >= 0.6 is 0 Å². The van der Waals surface area contributed by atoms with E-state index in [-0.39, 0.29) is 11.3 Å². The molecule has 0 unspecified atom stereocenters. The van der Waals surface area contributed by atoms with Gasteiger partial charge in [-0.2, -0.15) is 0 Å². The molecule has 1 aliphatic rings. The second-order valence-electron chi connectivity index (χ2n) is 9.52. The van der Waals surface area contributed by atoms with Crippen molar-refractivity contribution in [3.05, 3.63) is 59.9 Å². The summed E-state index contributed by atoms with van der Waals surface area (Å²) >= 11 is 0. The molecule has 1 aromatic heterocycles. The summed E-state index contributed by atoms with van der Waals surface area (Å²) in [5, 5.41) is 0. The third-order valence-corrected chi connectivity index (χ3v) is 6.17. The number of carbonyl (C=O) groups is 1. The monoisotopic (exact) mass is 419 g/mol. The number of fused-ring (bicyclic) bond motifs is 1. The van der Waals surface area contributed by atoms with Gasteiger partial charge in [0.05, 0.1) is 17.6 Å². The van der Waals surface area contributed by atoms with E-state index < -0.39 is 0 Å². The van der Waals surface area contributed by atoms with Gasteiger partial charge in [0.25, 0.3) is 0 Å². The minimum absolute atomic E-state index is 0.142. The maximum atomic E-state index is 12.6. The molecule has 1 amide bonds. The van der Waals surface area contributed by atoms with Crippen molar-refractivity contribution >= 4 is 16.9 Å². The molecule has 0 aliphatic carbocycles. The van der Waals surface area contributed by atoms with Gasteiger partial charge in [-0.05, 0) is 54.5 Å². The average Bonchev–Trinajstić information content (AvgIpc) is 3.21. The van der Waals surface area contributed by atoms with Crippen molar-refractivity contribution in [3.8, 4) is 5.75 Å². The predicted molar refractivity (Wildman–Crippen MR) is 125 cm³/mol. The van der Waals surface area contributed by atoms with Crippen LogP contribution in [0.4, 0.5) is 0 Å². The van der Waals surface area contributed by atoms with Crippen molar-refractivity contribution in [2.75, 3.05) is 19.7 Å². The highest BCUT2D eigenvalue weighted by Gasteiger charge is 2.25. The molecule has 0 spiro atoms. The summed E-state index contributed by atoms with van der Waals surface area (Å²) in [6.07, 6.45) is 3.20. The highest BCUT2D eigenvalue weighted by atomic mass is 16.5. The Morgan fingerprint density at radius 1 is 1.10 bits per heavy atom. The van der Waals surface area contributed by atoms with Crippen LogP contribution in [0.3, 0.4) is 0 Å². The van der Waals surface area contributed by atoms with Crippen LogP contribution in [0.5, 0.6) is 5.75 Å². The van der Waals surface area contributed by atoms with Gasteiger partial charge in [-0.15, -0.1) is 0 Å². The number of carbonyl (C=O) groups excluding carboxylic acids is 1. The van der Waals surface area contributed by atoms with Crippen molar-refractivity contribution in [1.29, 1.82) is 0 Å². The van der Waals surface area contributed by atoms with Gasteiger partial charge in [0.2, 0.25) is 5.91 Å². The number of likely N-dealkylation sites (tertiary alicyclic amines) is 1. The average molecular weight is 420 g/mol. The lowest BCUT2D eigenvalue weighted by atomic mass is 9.87. The summed E-state index contributed by atoms with van der Waals surface area (Å²) in [6.45, 7) is 8.78. The highest BCUT2D eigenvalue weighted by Crippen LogP contribution is 2.28. The van der Waals surface area contributed by atoms with E-state index in [0.29, 0.717) is 18.9 Å². The van der Waals surface area contributed by atoms with E-state index in [1.54, 1.807) is 0 Å². The minimum Gasteiger partial charge on any atom is -0.494 e. The molecule has 5 nitrogen and oxygen atoms in total. The molecule has 5 heteroatoms. The number of aromatic amines is 1. The molecular weight excluding hydrogens is 386 g/mol. The van der Waals surface area contributed by atoms with Crippen molar-refractivity contribution in [2.24, 2.45) is 0 Å². The van der Waals surface area contributed by atoms with Crippen LogP contribution < -0.4 is 4.74 Å². The number of ether oxygens (including phenoxy) is 1. The van der Waals surface area contributed by atoms with E-state index in [0.717, 1.165) is 55.0 Å². The molecule has 164 valence electrons. The van der Waals surface area contributed by atoms with Crippen LogP contribution in [0.25, 0.3) is 11.0 Å². The Kier molecular flexibility index (Phi) is 6.30. The summed E-state index contributed by atoms with van der Waals surface area (Å²) in [5.74, 6) is 2.55. The van der Waals surface area contributed by atoms with Crippen LogP contribution in [-0.4, -0.2) is 40.5 Å². The Hall–Kier alpha value is -2.82. The number of piperidine rings is 1. The van der Waals surface area contributed by atoms with Gasteiger partial charge in [-0.3, -0.25) is 4.79 Å². The molecule has 1 N–H and O–H groups in total. The standard InChI is InChI=1S/C26H33N3O2/c1-26(2,3)20-10-12-21(13-11-20)31-18-6-9-24(30)29-16-14-19(15-17-29)25-27-22-7-4-5-8-23(22)28-25/h4-5,7-8,10-13,19H,6,9,14-18H2,1-3H3,(H,27,28). The molecule has 0 atom stereocenters. The number of rotatable bonds is 6. The highest BCUT2D eigenvalue weighted by molar-refractivity contribution is 5.76. The fraction of sp³-hybridized carbons (Fsp3) is 0.462. The number of nitrogens with zero attached hydrogens (tertiary/aromatic N) is 2. The van der Waals surface area contributed by atoms with E-state index in [1.807, 2.05) is 35.2 Å². The van der Waals surface area contributed by atoms with Gasteiger partial charge in [0.15, 0.2) is 0 Å². The summed E-state index contributed by atoms with van der Waals surface area (Å²) < 4.78 is 5.83. The molecule has 1 saturated heterocycles. The molecule has 31 heavy (non-hydrogen) atoms. The largest absolute Gasteiger partial charge is 0.494 e. The van der Waals surface area contributed by atoms with Gasteiger partial charge in [-0.25, -0.2) is 4.98 Å². The zero-order valence-electron chi connectivity index (χ0n) is 18.9. The second-order valence-corrected chi connectivity index (χ2v) is 9.52. The summed E-state index contributed by atoms with van der Waals surface area (Å²) in [5.41, 5.74) is 3.54. The van der Waals surface area contributed by atoms with Gasteiger partial charge < -0.3 is 14.6 Å². The summed E-state index contributed by atoms with van der Waals surface area (Å²) in [4.78, 5) is 22.8. The topological polar surface area (TPSA) is 58.2 Å². The van der Waals surface area contributed by atoms with E-state index in [4.69, 9.17) is 9.72 Å². The molecule has 0 saturated carbocycles. The zero-order valence-corrected chi connectivity index (χ0v) is 18.9. The number of amides is 1. The lowest BCUT2D eigenvalue weighted by molar-refractivity contribution is -0.132. The molecule has 4 rings (SSSR count). The fourth-order valence-electron chi connectivity index (χ4n) is 4.19. The number of benzene rings is 2. The lowest BCUT2D eigenvalue weighted by Crippen LogP contribution is -2.38. The van der Waals surface area contributed by atoms with E-state index in [9.17, 15) is 4.79 Å². The van der Waals surface area contributed by atoms with E-state index in [2.05, 4.69) is 44.0 Å². The van der Waals surface area contributed by atoms with Crippen molar-refractivity contribution in [2.45, 2.75) is 57.8 Å². The number of H-pyrrole nitrogens is 1. The molecule has 0 bridgehead atoms. The Morgan fingerprint density at radius 2 is 1.81 bits per heavy atom. The van der Waals surface area contributed by atoms with Crippen molar-refractivity contribution < 1.29 is 9.53 Å². The van der Waals surface area contributed by atoms with Crippen LogP contribution in [0.2, 0.25) is 0 Å². The third-order valence-electron chi connectivity index (χ3n) is 6.17. The van der Waals surface area contributed by atoms with Crippen LogP contribution in [-0.2, 0) is 10.2 Å². The molecule has 2 heterocycles. The minimum atomic E-state index is 0.142. The van der Waals surface area contributed by atoms with E-state index >= 15 is 0 Å². The number of aromatic nitrogens is 2. The van der Waals surface area contributed by atoms with Crippen molar-refractivity contribution in [3.63, 3.8) is 0 Å². The molecule has 3 aromatic rings. The van der Waals surface area contributed by atoms with E-state index in [1.165, 1.54) is 5.56 Å². The number of hydrogen-bond donors (Lipinski definition) is 1. The quantitative estimate of drug-likeness (QED) is 0.542. The molecule has 2 aromatic carbocycles. The first-order valence-corrected chi connectivity index (χ1v) is 11.4. The van der Waals surface area contributed by atoms with Gasteiger partial charge in [0, 0.05) is 25.4 Å². The maximum Gasteiger partial charge on any atom is 0.222 e. The lowest BCUT2D eigenvalue weighted by Gasteiger charge is -2.31. The van der Waals surface area contributed by atoms with Crippen LogP contribution in [0, 0.1) is 0 Å². The normalized spacial score (nSPS) is 15.4. The summed E-state index contributed by atoms with van der Waals surface area (Å²) in [7, 11) is 0. The Balaban J connectivity index is 1.19. The van der Waals surface area contributed by atoms with Crippen LogP contribution in [0.1, 0.15) is 63.8 Å². The Morgan fingerprint density at radius 3 is 2.48 bits per heavy atom. The van der Waals surface area contributed by atoms with Gasteiger partial charge in [-0.1, -0.05) is 45.0 Å². The first kappa shape index (κ1) is 21.4. The zero-order chi connectivity index (χ0) is 21.8. The number of para-hydroxylation sites is 2. The first-order chi connectivity index (χ1) is 14.9. The molecular formula is C26H33N3O2. The Labute approximate surface area is 184 Å². The molecule has 1 aliphatic heterocycles. The first-order valence-electron chi connectivity index (χ1n) is 11.4. The second kappa shape index (κ2) is 9.13. The maximum absolute atomic E-state index is 12.6. The number of nitrogens with one attached hydrogen (secondary N) is 1. The Bertz CT molecular complexity index is 976. The predicted octanol–water partition coefficient (Wildman–Crippen LogP) is 5.43. The molecule has 1 fully saturated rings. The third kappa shape index (κ3) is 5.27. The number of hydrogen-bond acceptors (Lipinski definition) is 3. The van der Waals surface area contributed by atoms with Gasteiger partial charge in [0.1, 0.15) is 11.6 Å². The number of imidazole rings is 1. The smallest absolute Gasteiger partial charge is 0.222 e. The fourth-order valence-corrected chi connectivity index (χ4v) is 4.19.